The van der Waals surface area contributed by atoms with Crippen molar-refractivity contribution < 1.29 is 24.2 Å². The largest absolute Gasteiger partial charge is 0.480 e. The van der Waals surface area contributed by atoms with Gasteiger partial charge in [0.1, 0.15) is 0 Å². The molecule has 6 nitrogen and oxygen atoms in total. The highest BCUT2D eigenvalue weighted by Gasteiger charge is 2.33. The molecule has 0 spiro atoms. The van der Waals surface area contributed by atoms with Crippen molar-refractivity contribution >= 4 is 11.9 Å². The SMILES string of the molecule is O=C(O)C1COCCN1C(=O)c1cccc(C2CCOC2)c1. The number of carboxylic acids is 1. The Balaban J connectivity index is 1.81. The lowest BCUT2D eigenvalue weighted by Crippen LogP contribution is -2.52. The first-order valence-corrected chi connectivity index (χ1v) is 7.46. The number of rotatable bonds is 3. The maximum Gasteiger partial charge on any atom is 0.328 e. The molecule has 2 fully saturated rings. The summed E-state index contributed by atoms with van der Waals surface area (Å²) in [7, 11) is 0. The summed E-state index contributed by atoms with van der Waals surface area (Å²) >= 11 is 0. The summed E-state index contributed by atoms with van der Waals surface area (Å²) in [6, 6.07) is 6.51. The molecule has 2 unspecified atom stereocenters. The second-order valence-corrected chi connectivity index (χ2v) is 5.61. The molecule has 0 bridgehead atoms. The number of morpholine rings is 1. The summed E-state index contributed by atoms with van der Waals surface area (Å²) in [6.07, 6.45) is 0.951. The number of hydrogen-bond donors (Lipinski definition) is 1. The zero-order chi connectivity index (χ0) is 15.5. The Bertz CT molecular complexity index is 567. The molecule has 2 atom stereocenters. The van der Waals surface area contributed by atoms with E-state index in [4.69, 9.17) is 9.47 Å². The average molecular weight is 305 g/mol. The van der Waals surface area contributed by atoms with Gasteiger partial charge in [0.2, 0.25) is 0 Å². The van der Waals surface area contributed by atoms with Crippen LogP contribution in [0.2, 0.25) is 0 Å². The van der Waals surface area contributed by atoms with Crippen LogP contribution in [0.4, 0.5) is 0 Å². The predicted octanol–water partition coefficient (Wildman–Crippen LogP) is 1.12. The summed E-state index contributed by atoms with van der Waals surface area (Å²) < 4.78 is 10.6. The van der Waals surface area contributed by atoms with Gasteiger partial charge in [-0.15, -0.1) is 0 Å². The molecule has 2 aliphatic rings. The Labute approximate surface area is 128 Å². The van der Waals surface area contributed by atoms with Crippen LogP contribution in [0.3, 0.4) is 0 Å². The Morgan fingerprint density at radius 3 is 2.73 bits per heavy atom. The van der Waals surface area contributed by atoms with Crippen LogP contribution in [0.15, 0.2) is 24.3 Å². The topological polar surface area (TPSA) is 76.1 Å². The van der Waals surface area contributed by atoms with Crippen molar-refractivity contribution in [3.63, 3.8) is 0 Å². The van der Waals surface area contributed by atoms with Gasteiger partial charge >= 0.3 is 5.97 Å². The Kier molecular flexibility index (Phi) is 4.40. The van der Waals surface area contributed by atoms with E-state index in [0.717, 1.165) is 18.6 Å². The van der Waals surface area contributed by atoms with Crippen LogP contribution in [0.25, 0.3) is 0 Å². The highest BCUT2D eigenvalue weighted by Crippen LogP contribution is 2.26. The van der Waals surface area contributed by atoms with Crippen molar-refractivity contribution in [3.8, 4) is 0 Å². The van der Waals surface area contributed by atoms with E-state index < -0.39 is 12.0 Å². The molecule has 2 aliphatic heterocycles. The fourth-order valence-corrected chi connectivity index (χ4v) is 2.94. The van der Waals surface area contributed by atoms with E-state index >= 15 is 0 Å². The number of nitrogens with zero attached hydrogens (tertiary/aromatic N) is 1. The number of carboxylic acid groups (broad SMARTS) is 1. The number of carbonyl (C=O) groups excluding carboxylic acids is 1. The minimum absolute atomic E-state index is 0.0389. The van der Waals surface area contributed by atoms with E-state index in [-0.39, 0.29) is 12.5 Å². The molecule has 0 aliphatic carbocycles. The Morgan fingerprint density at radius 1 is 1.18 bits per heavy atom. The predicted molar refractivity (Wildman–Crippen MR) is 77.9 cm³/mol. The molecule has 2 saturated heterocycles. The van der Waals surface area contributed by atoms with Gasteiger partial charge in [-0.3, -0.25) is 4.79 Å². The van der Waals surface area contributed by atoms with Gasteiger partial charge in [0.25, 0.3) is 5.91 Å². The highest BCUT2D eigenvalue weighted by molar-refractivity contribution is 5.97. The highest BCUT2D eigenvalue weighted by atomic mass is 16.5. The van der Waals surface area contributed by atoms with Crippen molar-refractivity contribution in [2.75, 3.05) is 33.0 Å². The van der Waals surface area contributed by atoms with E-state index in [0.29, 0.717) is 31.2 Å². The molecular weight excluding hydrogens is 286 g/mol. The number of ether oxygens (including phenoxy) is 2. The Hall–Kier alpha value is -1.92. The fourth-order valence-electron chi connectivity index (χ4n) is 2.94. The minimum Gasteiger partial charge on any atom is -0.480 e. The van der Waals surface area contributed by atoms with Crippen molar-refractivity contribution in [1.82, 2.24) is 4.90 Å². The third-order valence-corrected chi connectivity index (χ3v) is 4.21. The third-order valence-electron chi connectivity index (χ3n) is 4.21. The maximum atomic E-state index is 12.7. The van der Waals surface area contributed by atoms with Crippen LogP contribution >= 0.6 is 0 Å². The molecule has 118 valence electrons. The number of amides is 1. The summed E-state index contributed by atoms with van der Waals surface area (Å²) in [5.41, 5.74) is 1.60. The molecule has 3 rings (SSSR count). The molecule has 2 heterocycles. The smallest absolute Gasteiger partial charge is 0.328 e. The zero-order valence-electron chi connectivity index (χ0n) is 12.2. The fraction of sp³-hybridized carbons (Fsp3) is 0.500. The molecular formula is C16H19NO5. The summed E-state index contributed by atoms with van der Waals surface area (Å²) in [4.78, 5) is 25.3. The van der Waals surface area contributed by atoms with E-state index in [9.17, 15) is 14.7 Å². The lowest BCUT2D eigenvalue weighted by Gasteiger charge is -2.33. The van der Waals surface area contributed by atoms with E-state index in [1.165, 1.54) is 4.90 Å². The van der Waals surface area contributed by atoms with Gasteiger partial charge < -0.3 is 19.5 Å². The number of hydrogen-bond acceptors (Lipinski definition) is 4. The van der Waals surface area contributed by atoms with Gasteiger partial charge in [-0.1, -0.05) is 12.1 Å². The first-order valence-electron chi connectivity index (χ1n) is 7.46. The number of aliphatic carboxylic acids is 1. The molecule has 0 saturated carbocycles. The average Bonchev–Trinajstić information content (AvgIpc) is 3.09. The van der Waals surface area contributed by atoms with Crippen LogP contribution in [0.5, 0.6) is 0 Å². The molecule has 0 radical (unpaired) electrons. The van der Waals surface area contributed by atoms with Crippen LogP contribution in [-0.4, -0.2) is 60.9 Å². The summed E-state index contributed by atoms with van der Waals surface area (Å²) in [6.45, 7) is 2.12. The zero-order valence-corrected chi connectivity index (χ0v) is 12.2. The van der Waals surface area contributed by atoms with E-state index in [1.807, 2.05) is 18.2 Å². The quantitative estimate of drug-likeness (QED) is 0.905. The van der Waals surface area contributed by atoms with Crippen LogP contribution in [0, 0.1) is 0 Å². The van der Waals surface area contributed by atoms with Gasteiger partial charge in [-0.05, 0) is 24.1 Å². The third kappa shape index (κ3) is 2.98. The first-order chi connectivity index (χ1) is 10.7. The van der Waals surface area contributed by atoms with Gasteiger partial charge in [0, 0.05) is 24.6 Å². The van der Waals surface area contributed by atoms with Crippen LogP contribution < -0.4 is 0 Å². The standard InChI is InChI=1S/C16H19NO5/c18-15(17-5-7-22-10-14(17)16(19)20)12-3-1-2-11(8-12)13-4-6-21-9-13/h1-3,8,13-14H,4-7,9-10H2,(H,19,20). The van der Waals surface area contributed by atoms with Gasteiger partial charge in [-0.2, -0.15) is 0 Å². The minimum atomic E-state index is -1.03. The lowest BCUT2D eigenvalue weighted by atomic mass is 9.96. The number of carbonyl (C=O) groups is 2. The second kappa shape index (κ2) is 6.46. The van der Waals surface area contributed by atoms with Crippen molar-refractivity contribution in [3.05, 3.63) is 35.4 Å². The number of benzene rings is 1. The molecule has 1 aromatic rings. The van der Waals surface area contributed by atoms with Gasteiger partial charge in [0.05, 0.1) is 19.8 Å². The maximum absolute atomic E-state index is 12.7. The van der Waals surface area contributed by atoms with Crippen molar-refractivity contribution in [2.24, 2.45) is 0 Å². The Morgan fingerprint density at radius 2 is 2.00 bits per heavy atom. The van der Waals surface area contributed by atoms with Gasteiger partial charge in [-0.25, -0.2) is 4.79 Å². The molecule has 1 N–H and O–H groups in total. The molecule has 1 aromatic carbocycles. The molecule has 0 aromatic heterocycles. The van der Waals surface area contributed by atoms with Crippen molar-refractivity contribution in [1.29, 1.82) is 0 Å². The summed E-state index contributed by atoms with van der Waals surface area (Å²) in [5.74, 6) is -0.974. The van der Waals surface area contributed by atoms with E-state index in [1.54, 1.807) is 6.07 Å². The molecule has 6 heteroatoms. The van der Waals surface area contributed by atoms with Crippen LogP contribution in [-0.2, 0) is 14.3 Å². The summed E-state index contributed by atoms with van der Waals surface area (Å²) in [5, 5.41) is 9.24. The first kappa shape index (κ1) is 15.0. The molecule has 22 heavy (non-hydrogen) atoms. The second-order valence-electron chi connectivity index (χ2n) is 5.61. The van der Waals surface area contributed by atoms with Crippen LogP contribution in [0.1, 0.15) is 28.3 Å². The molecule has 1 amide bonds. The lowest BCUT2D eigenvalue weighted by molar-refractivity contribution is -0.147. The normalized spacial score (nSPS) is 25.2. The van der Waals surface area contributed by atoms with Crippen molar-refractivity contribution in [2.45, 2.75) is 18.4 Å². The van der Waals surface area contributed by atoms with E-state index in [2.05, 4.69) is 0 Å². The monoisotopic (exact) mass is 305 g/mol. The van der Waals surface area contributed by atoms with Gasteiger partial charge in [0.15, 0.2) is 6.04 Å².